The van der Waals surface area contributed by atoms with Gasteiger partial charge >= 0.3 is 29.8 Å². The molecular formula is C35H60O14. The van der Waals surface area contributed by atoms with Crippen molar-refractivity contribution in [1.82, 2.24) is 0 Å². The molecule has 0 aromatic carbocycles. The number of aliphatic hydroxyl groups is 2. The third kappa shape index (κ3) is 50.9. The van der Waals surface area contributed by atoms with Gasteiger partial charge in [0, 0.05) is 42.1 Å². The van der Waals surface area contributed by atoms with Gasteiger partial charge in [0.25, 0.3) is 0 Å². The number of aliphatic hydroxyl groups excluding tert-OH is 2. The Morgan fingerprint density at radius 1 is 0.653 bits per heavy atom. The second kappa shape index (κ2) is 40.1. The number of esters is 5. The molecule has 0 radical (unpaired) electrons. The summed E-state index contributed by atoms with van der Waals surface area (Å²) in [4.78, 5) is 52.8. The third-order valence-electron chi connectivity index (χ3n) is 4.27. The number of hydrogen-bond acceptors (Lipinski definition) is 14. The summed E-state index contributed by atoms with van der Waals surface area (Å²) in [6, 6.07) is 0. The van der Waals surface area contributed by atoms with Gasteiger partial charge in [0.05, 0.1) is 32.5 Å². The molecule has 0 saturated carbocycles. The van der Waals surface area contributed by atoms with Crippen LogP contribution in [-0.2, 0) is 57.1 Å². The van der Waals surface area contributed by atoms with Crippen LogP contribution in [0.1, 0.15) is 61.3 Å². The molecule has 0 bridgehead atoms. The van der Waals surface area contributed by atoms with E-state index in [0.29, 0.717) is 61.9 Å². The zero-order chi connectivity index (χ0) is 39.2. The van der Waals surface area contributed by atoms with Crippen molar-refractivity contribution < 1.29 is 67.3 Å². The first-order valence-electron chi connectivity index (χ1n) is 15.3. The van der Waals surface area contributed by atoms with E-state index in [2.05, 4.69) is 58.8 Å². The fraction of sp³-hybridized carbons (Fsp3) is 0.571. The number of hydrogen-bond donors (Lipinski definition) is 2. The molecule has 14 nitrogen and oxygen atoms in total. The summed E-state index contributed by atoms with van der Waals surface area (Å²) in [5, 5.41) is 16.8. The minimum absolute atomic E-state index is 0.0334. The van der Waals surface area contributed by atoms with Crippen LogP contribution in [0.2, 0.25) is 0 Å². The summed E-state index contributed by atoms with van der Waals surface area (Å²) in [5.41, 5.74) is 1.65. The number of methoxy groups -OCH3 is 1. The summed E-state index contributed by atoms with van der Waals surface area (Å²) in [5.74, 6) is -1.96. The van der Waals surface area contributed by atoms with Gasteiger partial charge in [-0.1, -0.05) is 46.2 Å². The predicted octanol–water partition coefficient (Wildman–Crippen LogP) is 3.99. The van der Waals surface area contributed by atoms with E-state index in [0.717, 1.165) is 18.9 Å². The van der Waals surface area contributed by atoms with Crippen molar-refractivity contribution >= 4 is 29.8 Å². The molecule has 0 aromatic heterocycles. The minimum atomic E-state index is -0.608. The summed E-state index contributed by atoms with van der Waals surface area (Å²) < 4.78 is 32.8. The van der Waals surface area contributed by atoms with E-state index in [9.17, 15) is 24.0 Å². The number of rotatable bonds is 19. The lowest BCUT2D eigenvalue weighted by atomic mass is 10.3. The highest BCUT2D eigenvalue weighted by Crippen LogP contribution is 1.95. The fourth-order valence-corrected chi connectivity index (χ4v) is 1.76. The van der Waals surface area contributed by atoms with Gasteiger partial charge in [-0.05, 0) is 48.0 Å². The Balaban J connectivity index is -0.000000165. The van der Waals surface area contributed by atoms with Gasteiger partial charge in [-0.25, -0.2) is 24.0 Å². The molecule has 14 heteroatoms. The molecule has 0 aromatic rings. The number of carbonyl (C=O) groups is 5. The van der Waals surface area contributed by atoms with Gasteiger partial charge in [0.2, 0.25) is 0 Å². The van der Waals surface area contributed by atoms with E-state index in [4.69, 9.17) is 24.4 Å². The molecule has 0 aliphatic carbocycles. The molecule has 49 heavy (non-hydrogen) atoms. The van der Waals surface area contributed by atoms with Gasteiger partial charge in [0.1, 0.15) is 26.4 Å². The lowest BCUT2D eigenvalue weighted by molar-refractivity contribution is -0.142. The summed E-state index contributed by atoms with van der Waals surface area (Å²) in [7, 11) is 1.55. The van der Waals surface area contributed by atoms with Crippen LogP contribution in [0.3, 0.4) is 0 Å². The maximum Gasteiger partial charge on any atom is 0.333 e. The first-order valence-corrected chi connectivity index (χ1v) is 15.3. The Bertz CT molecular complexity index is 951. The molecule has 0 rings (SSSR count). The molecule has 0 aliphatic heterocycles. The van der Waals surface area contributed by atoms with Crippen LogP contribution in [0, 0.1) is 0 Å². The van der Waals surface area contributed by atoms with E-state index < -0.39 is 18.0 Å². The monoisotopic (exact) mass is 704 g/mol. The molecule has 1 unspecified atom stereocenters. The Hall–Kier alpha value is -4.11. The molecule has 0 aliphatic rings. The zero-order valence-electron chi connectivity index (χ0n) is 30.8. The second-order valence-corrected chi connectivity index (χ2v) is 9.62. The van der Waals surface area contributed by atoms with Crippen molar-refractivity contribution in [1.29, 1.82) is 0 Å². The number of carbonyl (C=O) groups excluding carboxylic acids is 5. The molecule has 284 valence electrons. The van der Waals surface area contributed by atoms with Crippen LogP contribution in [0.25, 0.3) is 0 Å². The highest BCUT2D eigenvalue weighted by Gasteiger charge is 2.04. The van der Waals surface area contributed by atoms with Crippen molar-refractivity contribution in [3.05, 3.63) is 61.3 Å². The molecule has 0 spiro atoms. The zero-order valence-corrected chi connectivity index (χ0v) is 30.8. The standard InChI is InChI=1S/C8H14O3.C8H14O2.2C7H12O3.C5H8O3/c1-4-10-5-6-11-8(9)7(2)3;1-4-5-6-10-8(9)7(2)3;1-6(2)7(8)10-5-4-9-3;1-5(2)7(9)10-4-6(3)8;1-2-5(7)8-4-3-6/h2,4-6H2,1,3H3;2,4-6H2,1,3H3;1,4-5H2,2-3H3;6,8H,1,4H2,2-3H3;2,6H,1,3-4H2. The minimum Gasteiger partial charge on any atom is -0.462 e. The highest BCUT2D eigenvalue weighted by atomic mass is 16.6. The molecular weight excluding hydrogens is 644 g/mol. The van der Waals surface area contributed by atoms with Gasteiger partial charge in [-0.15, -0.1) is 0 Å². The third-order valence-corrected chi connectivity index (χ3v) is 4.27. The Morgan fingerprint density at radius 2 is 1.06 bits per heavy atom. The molecule has 2 N–H and O–H groups in total. The van der Waals surface area contributed by atoms with Crippen molar-refractivity contribution in [3.8, 4) is 0 Å². The normalized spacial score (nSPS) is 9.59. The van der Waals surface area contributed by atoms with Crippen LogP contribution in [0.5, 0.6) is 0 Å². The van der Waals surface area contributed by atoms with Crippen molar-refractivity contribution in [2.45, 2.75) is 67.4 Å². The predicted molar refractivity (Wildman–Crippen MR) is 186 cm³/mol. The quantitative estimate of drug-likeness (QED) is 0.0849. The molecule has 0 heterocycles. The number of ether oxygens (including phenoxy) is 7. The largest absolute Gasteiger partial charge is 0.462 e. The first-order chi connectivity index (χ1) is 22.9. The van der Waals surface area contributed by atoms with Crippen LogP contribution >= 0.6 is 0 Å². The smallest absolute Gasteiger partial charge is 0.333 e. The SMILES string of the molecule is C=C(C)C(=O)OCC(C)O.C=C(C)C(=O)OCCCC.C=C(C)C(=O)OCCOC.C=C(C)C(=O)OCCOCC.C=CC(=O)OCCO. The van der Waals surface area contributed by atoms with Gasteiger partial charge < -0.3 is 43.4 Å². The second-order valence-electron chi connectivity index (χ2n) is 9.62. The van der Waals surface area contributed by atoms with Crippen LogP contribution in [0.4, 0.5) is 0 Å². The van der Waals surface area contributed by atoms with Gasteiger partial charge in [-0.2, -0.15) is 0 Å². The highest BCUT2D eigenvalue weighted by molar-refractivity contribution is 5.88. The Morgan fingerprint density at radius 3 is 1.39 bits per heavy atom. The van der Waals surface area contributed by atoms with Gasteiger partial charge in [0.15, 0.2) is 0 Å². The average Bonchev–Trinajstić information content (AvgIpc) is 3.05. The summed E-state index contributed by atoms with van der Waals surface area (Å²) >= 11 is 0. The van der Waals surface area contributed by atoms with Crippen LogP contribution in [0.15, 0.2) is 61.3 Å². The molecule has 0 fully saturated rings. The van der Waals surface area contributed by atoms with Gasteiger partial charge in [-0.3, -0.25) is 0 Å². The summed E-state index contributed by atoms with van der Waals surface area (Å²) in [6.45, 7) is 31.3. The average molecular weight is 705 g/mol. The molecule has 1 atom stereocenters. The fourth-order valence-electron chi connectivity index (χ4n) is 1.76. The Labute approximate surface area is 292 Å². The summed E-state index contributed by atoms with van der Waals surface area (Å²) in [6.07, 6.45) is 2.42. The van der Waals surface area contributed by atoms with Crippen molar-refractivity contribution in [3.63, 3.8) is 0 Å². The molecule has 0 amide bonds. The van der Waals surface area contributed by atoms with Crippen molar-refractivity contribution in [2.75, 3.05) is 66.6 Å². The maximum atomic E-state index is 10.7. The molecule has 0 saturated heterocycles. The lowest BCUT2D eigenvalue weighted by Gasteiger charge is -2.04. The van der Waals surface area contributed by atoms with Crippen LogP contribution < -0.4 is 0 Å². The Kier molecular flexibility index (Phi) is 44.4. The van der Waals surface area contributed by atoms with E-state index in [1.807, 2.05) is 6.92 Å². The topological polar surface area (TPSA) is 190 Å². The van der Waals surface area contributed by atoms with E-state index in [1.54, 1.807) is 41.7 Å². The lowest BCUT2D eigenvalue weighted by Crippen LogP contribution is -2.15. The van der Waals surface area contributed by atoms with E-state index in [1.165, 1.54) is 0 Å². The first kappa shape index (κ1) is 54.3. The number of unbranched alkanes of at least 4 members (excludes halogenated alkanes) is 1. The van der Waals surface area contributed by atoms with Crippen LogP contribution in [-0.4, -0.2) is 113 Å². The van der Waals surface area contributed by atoms with E-state index >= 15 is 0 Å². The van der Waals surface area contributed by atoms with Crippen molar-refractivity contribution in [2.24, 2.45) is 0 Å². The van der Waals surface area contributed by atoms with E-state index in [-0.39, 0.29) is 37.7 Å². The maximum absolute atomic E-state index is 10.7.